The number of aliphatic hydroxyl groups excluding tert-OH is 1. The standard InChI is InChI=1S/C17H13F3N2O2/c18-10-4-5-13-9(6-10)7-14(22-13)17(24)21-8-15(23)16-11(19)2-1-3-12(16)20/h1-7,15,22-23H,8H2,(H,21,24). The maximum atomic E-state index is 13.6. The number of amides is 1. The number of hydrogen-bond donors (Lipinski definition) is 3. The molecule has 24 heavy (non-hydrogen) atoms. The predicted molar refractivity (Wildman–Crippen MR) is 81.9 cm³/mol. The Morgan fingerprint density at radius 3 is 2.54 bits per heavy atom. The third-order valence-corrected chi connectivity index (χ3v) is 3.62. The summed E-state index contributed by atoms with van der Waals surface area (Å²) in [6.45, 7) is -0.375. The Balaban J connectivity index is 1.72. The molecule has 0 bridgehead atoms. The molecule has 1 aromatic heterocycles. The molecule has 7 heteroatoms. The molecule has 3 rings (SSSR count). The Morgan fingerprint density at radius 1 is 1.12 bits per heavy atom. The number of nitrogens with one attached hydrogen (secondary N) is 2. The van der Waals surface area contributed by atoms with Crippen molar-refractivity contribution in [2.45, 2.75) is 6.10 Å². The lowest BCUT2D eigenvalue weighted by atomic mass is 10.1. The quantitative estimate of drug-likeness (QED) is 0.687. The van der Waals surface area contributed by atoms with E-state index in [0.29, 0.717) is 10.9 Å². The van der Waals surface area contributed by atoms with Crippen molar-refractivity contribution in [3.63, 3.8) is 0 Å². The Bertz CT molecular complexity index is 888. The van der Waals surface area contributed by atoms with Crippen LogP contribution in [-0.2, 0) is 0 Å². The molecule has 0 saturated carbocycles. The van der Waals surface area contributed by atoms with Gasteiger partial charge in [0.2, 0.25) is 0 Å². The fourth-order valence-electron chi connectivity index (χ4n) is 2.44. The number of rotatable bonds is 4. The molecule has 1 heterocycles. The van der Waals surface area contributed by atoms with Crippen molar-refractivity contribution in [3.05, 3.63) is 71.2 Å². The molecule has 0 aliphatic carbocycles. The lowest BCUT2D eigenvalue weighted by Gasteiger charge is -2.13. The van der Waals surface area contributed by atoms with Gasteiger partial charge in [-0.3, -0.25) is 4.79 Å². The SMILES string of the molecule is O=C(NCC(O)c1c(F)cccc1F)c1cc2cc(F)ccc2[nH]1. The Morgan fingerprint density at radius 2 is 1.83 bits per heavy atom. The van der Waals surface area contributed by atoms with Crippen LogP contribution in [0.4, 0.5) is 13.2 Å². The molecule has 0 fully saturated rings. The van der Waals surface area contributed by atoms with Crippen molar-refractivity contribution >= 4 is 16.8 Å². The first kappa shape index (κ1) is 16.1. The van der Waals surface area contributed by atoms with Gasteiger partial charge in [-0.25, -0.2) is 13.2 Å². The Hall–Kier alpha value is -2.80. The molecule has 3 aromatic rings. The van der Waals surface area contributed by atoms with Gasteiger partial charge in [0.05, 0.1) is 5.56 Å². The number of aromatic amines is 1. The summed E-state index contributed by atoms with van der Waals surface area (Å²) in [7, 11) is 0. The van der Waals surface area contributed by atoms with Crippen LogP contribution in [0.15, 0.2) is 42.5 Å². The van der Waals surface area contributed by atoms with Gasteiger partial charge in [0.15, 0.2) is 0 Å². The maximum absolute atomic E-state index is 13.6. The number of hydrogen-bond acceptors (Lipinski definition) is 2. The summed E-state index contributed by atoms with van der Waals surface area (Å²) in [5.41, 5.74) is 0.218. The van der Waals surface area contributed by atoms with Gasteiger partial charge in [0.25, 0.3) is 5.91 Å². The van der Waals surface area contributed by atoms with Crippen LogP contribution in [0, 0.1) is 17.5 Å². The minimum atomic E-state index is -1.53. The van der Waals surface area contributed by atoms with Crippen LogP contribution in [0.3, 0.4) is 0 Å². The van der Waals surface area contributed by atoms with Crippen molar-refractivity contribution in [1.82, 2.24) is 10.3 Å². The van der Waals surface area contributed by atoms with Crippen LogP contribution in [0.1, 0.15) is 22.2 Å². The number of benzene rings is 2. The summed E-state index contributed by atoms with van der Waals surface area (Å²) < 4.78 is 40.3. The van der Waals surface area contributed by atoms with E-state index in [1.54, 1.807) is 0 Å². The summed E-state index contributed by atoms with van der Waals surface area (Å²) in [5.74, 6) is -2.79. The minimum absolute atomic E-state index is 0.150. The van der Waals surface area contributed by atoms with Gasteiger partial charge < -0.3 is 15.4 Å². The highest BCUT2D eigenvalue weighted by Crippen LogP contribution is 2.20. The Labute approximate surface area is 134 Å². The minimum Gasteiger partial charge on any atom is -0.386 e. The molecule has 0 spiro atoms. The first-order valence-corrected chi connectivity index (χ1v) is 7.14. The van der Waals surface area contributed by atoms with Gasteiger partial charge >= 0.3 is 0 Å². The van der Waals surface area contributed by atoms with E-state index in [1.165, 1.54) is 30.3 Å². The van der Waals surface area contributed by atoms with Crippen molar-refractivity contribution in [2.75, 3.05) is 6.54 Å². The summed E-state index contributed by atoms with van der Waals surface area (Å²) in [6.07, 6.45) is -1.53. The molecule has 124 valence electrons. The molecule has 0 aliphatic rings. The predicted octanol–water partition coefficient (Wildman–Crippen LogP) is 3.05. The molecule has 0 radical (unpaired) electrons. The van der Waals surface area contributed by atoms with Crippen LogP contribution in [0.2, 0.25) is 0 Å². The second kappa shape index (κ2) is 6.37. The van der Waals surface area contributed by atoms with Crippen LogP contribution >= 0.6 is 0 Å². The van der Waals surface area contributed by atoms with Gasteiger partial charge in [0, 0.05) is 17.4 Å². The van der Waals surface area contributed by atoms with Gasteiger partial charge in [-0.1, -0.05) is 6.07 Å². The highest BCUT2D eigenvalue weighted by Gasteiger charge is 2.19. The topological polar surface area (TPSA) is 65.1 Å². The van der Waals surface area contributed by atoms with E-state index in [4.69, 9.17) is 0 Å². The first-order chi connectivity index (χ1) is 11.5. The van der Waals surface area contributed by atoms with Crippen molar-refractivity contribution < 1.29 is 23.1 Å². The average molecular weight is 334 g/mol. The maximum Gasteiger partial charge on any atom is 0.267 e. The molecular weight excluding hydrogens is 321 g/mol. The van der Waals surface area contributed by atoms with Crippen LogP contribution in [0.25, 0.3) is 10.9 Å². The molecule has 1 unspecified atom stereocenters. The average Bonchev–Trinajstić information content (AvgIpc) is 2.95. The highest BCUT2D eigenvalue weighted by atomic mass is 19.1. The zero-order valence-electron chi connectivity index (χ0n) is 12.3. The number of aromatic nitrogens is 1. The van der Waals surface area contributed by atoms with Gasteiger partial charge in [-0.15, -0.1) is 0 Å². The van der Waals surface area contributed by atoms with E-state index in [1.807, 2.05) is 0 Å². The lowest BCUT2D eigenvalue weighted by Crippen LogP contribution is -2.29. The molecule has 1 atom stereocenters. The molecule has 3 N–H and O–H groups in total. The van der Waals surface area contributed by atoms with Gasteiger partial charge in [-0.05, 0) is 36.4 Å². The van der Waals surface area contributed by atoms with Crippen molar-refractivity contribution in [3.8, 4) is 0 Å². The van der Waals surface area contributed by atoms with E-state index >= 15 is 0 Å². The molecule has 0 saturated heterocycles. The number of H-pyrrole nitrogens is 1. The van der Waals surface area contributed by atoms with E-state index < -0.39 is 35.0 Å². The van der Waals surface area contributed by atoms with Gasteiger partial charge in [0.1, 0.15) is 29.2 Å². The third kappa shape index (κ3) is 3.11. The molecule has 0 aliphatic heterocycles. The lowest BCUT2D eigenvalue weighted by molar-refractivity contribution is 0.0907. The summed E-state index contributed by atoms with van der Waals surface area (Å²) in [6, 6.07) is 8.70. The zero-order chi connectivity index (χ0) is 17.3. The van der Waals surface area contributed by atoms with Crippen molar-refractivity contribution in [2.24, 2.45) is 0 Å². The van der Waals surface area contributed by atoms with Crippen LogP contribution in [-0.4, -0.2) is 22.5 Å². The Kier molecular flexibility index (Phi) is 4.26. The number of carbonyl (C=O) groups is 1. The summed E-state index contributed by atoms with van der Waals surface area (Å²) in [5, 5.41) is 12.8. The summed E-state index contributed by atoms with van der Waals surface area (Å²) >= 11 is 0. The second-order valence-electron chi connectivity index (χ2n) is 5.28. The van der Waals surface area contributed by atoms with Crippen LogP contribution in [0.5, 0.6) is 0 Å². The van der Waals surface area contributed by atoms with Crippen LogP contribution < -0.4 is 5.32 Å². The fourth-order valence-corrected chi connectivity index (χ4v) is 2.44. The van der Waals surface area contributed by atoms with E-state index in [2.05, 4.69) is 10.3 Å². The molecule has 2 aromatic carbocycles. The van der Waals surface area contributed by atoms with E-state index in [9.17, 15) is 23.1 Å². The summed E-state index contributed by atoms with van der Waals surface area (Å²) in [4.78, 5) is 14.9. The van der Waals surface area contributed by atoms with E-state index in [-0.39, 0.29) is 12.2 Å². The zero-order valence-corrected chi connectivity index (χ0v) is 12.3. The molecule has 1 amide bonds. The molecule has 4 nitrogen and oxygen atoms in total. The number of halogens is 3. The highest BCUT2D eigenvalue weighted by molar-refractivity contribution is 5.98. The van der Waals surface area contributed by atoms with E-state index in [0.717, 1.165) is 12.1 Å². The number of fused-ring (bicyclic) bond motifs is 1. The third-order valence-electron chi connectivity index (χ3n) is 3.62. The number of aliphatic hydroxyl groups is 1. The largest absolute Gasteiger partial charge is 0.386 e. The van der Waals surface area contributed by atoms with Gasteiger partial charge in [-0.2, -0.15) is 0 Å². The smallest absolute Gasteiger partial charge is 0.267 e. The van der Waals surface area contributed by atoms with Crippen molar-refractivity contribution in [1.29, 1.82) is 0 Å². The normalized spacial score (nSPS) is 12.3. The molecular formula is C17H13F3N2O2. The fraction of sp³-hybridized carbons (Fsp3) is 0.118. The monoisotopic (exact) mass is 334 g/mol. The second-order valence-corrected chi connectivity index (χ2v) is 5.28. The first-order valence-electron chi connectivity index (χ1n) is 7.14. The number of carbonyl (C=O) groups excluding carboxylic acids is 1.